The van der Waals surface area contributed by atoms with E-state index in [4.69, 9.17) is 9.73 Å². The summed E-state index contributed by atoms with van der Waals surface area (Å²) >= 11 is 1.82. The molecule has 1 N–H and O–H groups in total. The molecule has 1 aromatic heterocycles. The first-order chi connectivity index (χ1) is 11.7. The molecular formula is C18H32N4OS. The van der Waals surface area contributed by atoms with Gasteiger partial charge in [-0.15, -0.1) is 11.3 Å². The molecule has 0 amide bonds. The van der Waals surface area contributed by atoms with Gasteiger partial charge in [0.2, 0.25) is 0 Å². The summed E-state index contributed by atoms with van der Waals surface area (Å²) in [7, 11) is 2.13. The largest absolute Gasteiger partial charge is 0.379 e. The fourth-order valence-corrected chi connectivity index (χ4v) is 3.53. The van der Waals surface area contributed by atoms with Crippen LogP contribution >= 0.6 is 11.3 Å². The van der Waals surface area contributed by atoms with E-state index in [1.807, 2.05) is 11.3 Å². The quantitative estimate of drug-likeness (QED) is 0.575. The van der Waals surface area contributed by atoms with E-state index in [1.54, 1.807) is 0 Å². The first-order valence-corrected chi connectivity index (χ1v) is 9.89. The highest BCUT2D eigenvalue weighted by molar-refractivity contribution is 7.09. The Bertz CT molecular complexity index is 471. The lowest BCUT2D eigenvalue weighted by Crippen LogP contribution is -2.41. The Morgan fingerprint density at radius 3 is 2.92 bits per heavy atom. The Kier molecular flexibility index (Phi) is 8.56. The number of thiophene rings is 1. The van der Waals surface area contributed by atoms with Gasteiger partial charge in [-0.1, -0.05) is 13.0 Å². The van der Waals surface area contributed by atoms with Gasteiger partial charge in [-0.3, -0.25) is 9.89 Å². The van der Waals surface area contributed by atoms with E-state index in [1.165, 1.54) is 4.88 Å². The molecule has 1 aliphatic rings. The van der Waals surface area contributed by atoms with Crippen molar-refractivity contribution in [3.05, 3.63) is 22.4 Å². The van der Waals surface area contributed by atoms with Crippen LogP contribution < -0.4 is 5.32 Å². The van der Waals surface area contributed by atoms with Crippen LogP contribution in [0, 0.1) is 5.92 Å². The van der Waals surface area contributed by atoms with Gasteiger partial charge in [-0.25, -0.2) is 0 Å². The highest BCUT2D eigenvalue weighted by atomic mass is 32.1. The van der Waals surface area contributed by atoms with Gasteiger partial charge in [0.05, 0.1) is 13.2 Å². The number of guanidine groups is 1. The van der Waals surface area contributed by atoms with Crippen LogP contribution in [0.1, 0.15) is 18.7 Å². The van der Waals surface area contributed by atoms with Crippen LogP contribution in [0.5, 0.6) is 0 Å². The fraction of sp³-hybridized carbons (Fsp3) is 0.722. The molecule has 1 aliphatic heterocycles. The Balaban J connectivity index is 1.79. The van der Waals surface area contributed by atoms with Gasteiger partial charge in [0.25, 0.3) is 0 Å². The number of hydrogen-bond donors (Lipinski definition) is 1. The molecule has 1 fully saturated rings. The fourth-order valence-electron chi connectivity index (χ4n) is 2.83. The highest BCUT2D eigenvalue weighted by Gasteiger charge is 2.14. The minimum Gasteiger partial charge on any atom is -0.379 e. The molecule has 5 nitrogen and oxygen atoms in total. The number of hydrogen-bond acceptors (Lipinski definition) is 4. The number of aliphatic imine (C=N–C) groups is 1. The molecule has 1 atom stereocenters. The average molecular weight is 353 g/mol. The van der Waals surface area contributed by atoms with Gasteiger partial charge in [0, 0.05) is 51.2 Å². The molecule has 1 saturated heterocycles. The molecule has 0 bridgehead atoms. The van der Waals surface area contributed by atoms with Crippen molar-refractivity contribution >= 4 is 17.3 Å². The van der Waals surface area contributed by atoms with Gasteiger partial charge in [0.1, 0.15) is 0 Å². The second kappa shape index (κ2) is 10.7. The lowest BCUT2D eigenvalue weighted by molar-refractivity contribution is 0.0323. The van der Waals surface area contributed by atoms with Crippen LogP contribution in [0.4, 0.5) is 0 Å². The zero-order valence-electron chi connectivity index (χ0n) is 15.3. The molecule has 0 radical (unpaired) electrons. The molecule has 0 spiro atoms. The van der Waals surface area contributed by atoms with Crippen molar-refractivity contribution < 1.29 is 4.74 Å². The predicted octanol–water partition coefficient (Wildman–Crippen LogP) is 2.16. The summed E-state index contributed by atoms with van der Waals surface area (Å²) in [5.74, 6) is 1.57. The summed E-state index contributed by atoms with van der Waals surface area (Å²) in [6.07, 6.45) is 1.07. The molecule has 24 heavy (non-hydrogen) atoms. The summed E-state index contributed by atoms with van der Waals surface area (Å²) in [5.41, 5.74) is 0. The van der Waals surface area contributed by atoms with Crippen LogP contribution in [-0.2, 0) is 11.2 Å². The molecule has 2 rings (SSSR count). The van der Waals surface area contributed by atoms with Crippen molar-refractivity contribution in [2.24, 2.45) is 10.9 Å². The van der Waals surface area contributed by atoms with Crippen LogP contribution in [0.3, 0.4) is 0 Å². The summed E-state index contributed by atoms with van der Waals surface area (Å²) in [6, 6.07) is 4.32. The average Bonchev–Trinajstić information content (AvgIpc) is 3.11. The maximum Gasteiger partial charge on any atom is 0.193 e. The van der Waals surface area contributed by atoms with Crippen LogP contribution in [0.15, 0.2) is 22.5 Å². The Morgan fingerprint density at radius 2 is 2.25 bits per heavy atom. The van der Waals surface area contributed by atoms with E-state index in [-0.39, 0.29) is 0 Å². The number of likely N-dealkylation sites (N-methyl/N-ethyl adjacent to an activating group) is 1. The lowest BCUT2D eigenvalue weighted by atomic mass is 10.1. The first-order valence-electron chi connectivity index (χ1n) is 9.01. The Labute approximate surface area is 150 Å². The smallest absolute Gasteiger partial charge is 0.193 e. The van der Waals surface area contributed by atoms with Crippen molar-refractivity contribution in [3.63, 3.8) is 0 Å². The van der Waals surface area contributed by atoms with Crippen LogP contribution in [0.25, 0.3) is 0 Å². The number of morpholine rings is 1. The molecule has 1 aromatic rings. The molecule has 136 valence electrons. The van der Waals surface area contributed by atoms with Gasteiger partial charge in [0.15, 0.2) is 5.96 Å². The molecule has 0 aliphatic carbocycles. The molecular weight excluding hydrogens is 320 g/mol. The minimum atomic E-state index is 0.558. The van der Waals surface area contributed by atoms with Gasteiger partial charge in [-0.05, 0) is 30.7 Å². The van der Waals surface area contributed by atoms with E-state index in [9.17, 15) is 0 Å². The zero-order valence-corrected chi connectivity index (χ0v) is 16.1. The third-order valence-corrected chi connectivity index (χ3v) is 5.13. The van der Waals surface area contributed by atoms with Crippen LogP contribution in [0.2, 0.25) is 0 Å². The maximum absolute atomic E-state index is 5.42. The van der Waals surface area contributed by atoms with Crippen molar-refractivity contribution in [2.45, 2.75) is 20.3 Å². The van der Waals surface area contributed by atoms with Crippen molar-refractivity contribution in [2.75, 3.05) is 59.5 Å². The molecule has 0 saturated carbocycles. The van der Waals surface area contributed by atoms with E-state index in [2.05, 4.69) is 53.5 Å². The topological polar surface area (TPSA) is 40.1 Å². The standard InChI is InChI=1S/C18H32N4OS/c1-4-19-18(21(3)8-7-17-6-5-13-24-17)20-14-16(2)15-22-9-11-23-12-10-22/h5-6,13,16H,4,7-12,14-15H2,1-3H3,(H,19,20). The SMILES string of the molecule is CCNC(=NCC(C)CN1CCOCC1)N(C)CCc1cccs1. The van der Waals surface area contributed by atoms with Crippen LogP contribution in [-0.4, -0.2) is 75.3 Å². The monoisotopic (exact) mass is 352 g/mol. The zero-order chi connectivity index (χ0) is 17.2. The third-order valence-electron chi connectivity index (χ3n) is 4.20. The second-order valence-corrected chi connectivity index (χ2v) is 7.50. The Hall–Kier alpha value is -1.11. The summed E-state index contributed by atoms with van der Waals surface area (Å²) in [4.78, 5) is 11.0. The number of nitrogens with zero attached hydrogens (tertiary/aromatic N) is 3. The van der Waals surface area contributed by atoms with Gasteiger partial charge >= 0.3 is 0 Å². The van der Waals surface area contributed by atoms with E-state index >= 15 is 0 Å². The normalized spacial score (nSPS) is 17.7. The molecule has 1 unspecified atom stereocenters. The second-order valence-electron chi connectivity index (χ2n) is 6.46. The number of rotatable bonds is 8. The van der Waals surface area contributed by atoms with E-state index < -0.39 is 0 Å². The maximum atomic E-state index is 5.42. The highest BCUT2D eigenvalue weighted by Crippen LogP contribution is 2.09. The lowest BCUT2D eigenvalue weighted by Gasteiger charge is -2.29. The van der Waals surface area contributed by atoms with Crippen molar-refractivity contribution in [1.82, 2.24) is 15.1 Å². The number of ether oxygens (including phenoxy) is 1. The van der Waals surface area contributed by atoms with E-state index in [0.29, 0.717) is 5.92 Å². The third kappa shape index (κ3) is 6.79. The van der Waals surface area contributed by atoms with Crippen molar-refractivity contribution in [1.29, 1.82) is 0 Å². The summed E-state index contributed by atoms with van der Waals surface area (Å²) in [6.45, 7) is 12.1. The Morgan fingerprint density at radius 1 is 1.46 bits per heavy atom. The first kappa shape index (κ1) is 19.2. The molecule has 0 aromatic carbocycles. The van der Waals surface area contributed by atoms with Crippen molar-refractivity contribution in [3.8, 4) is 0 Å². The summed E-state index contributed by atoms with van der Waals surface area (Å²) in [5, 5.41) is 5.56. The minimum absolute atomic E-state index is 0.558. The summed E-state index contributed by atoms with van der Waals surface area (Å²) < 4.78 is 5.42. The van der Waals surface area contributed by atoms with Gasteiger partial charge < -0.3 is 15.0 Å². The molecule has 6 heteroatoms. The van der Waals surface area contributed by atoms with E-state index in [0.717, 1.165) is 64.9 Å². The number of nitrogens with one attached hydrogen (secondary N) is 1. The molecule has 2 heterocycles. The van der Waals surface area contributed by atoms with Gasteiger partial charge in [-0.2, -0.15) is 0 Å². The predicted molar refractivity (Wildman–Crippen MR) is 103 cm³/mol.